The number of halogens is 3. The maximum absolute atomic E-state index is 12.5. The minimum Gasteiger partial charge on any atom is -0.352 e. The van der Waals surface area contributed by atoms with Crippen molar-refractivity contribution in [1.29, 1.82) is 5.26 Å². The Labute approximate surface area is 144 Å². The third-order valence-corrected chi connectivity index (χ3v) is 3.48. The summed E-state index contributed by atoms with van der Waals surface area (Å²) in [7, 11) is 1.60. The first-order chi connectivity index (χ1) is 11.9. The Kier molecular flexibility index (Phi) is 6.01. The lowest BCUT2D eigenvalue weighted by molar-refractivity contribution is -0.137. The van der Waals surface area contributed by atoms with Gasteiger partial charge in [-0.05, 0) is 35.4 Å². The average Bonchev–Trinajstić information content (AvgIpc) is 2.61. The van der Waals surface area contributed by atoms with E-state index in [0.29, 0.717) is 30.2 Å². The molecule has 0 saturated heterocycles. The molecule has 0 aliphatic heterocycles. The molecule has 0 aromatic heterocycles. The van der Waals surface area contributed by atoms with E-state index >= 15 is 0 Å². The fourth-order valence-corrected chi connectivity index (χ4v) is 2.15. The fraction of sp³-hybridized carbons (Fsp3) is 0.222. The molecule has 0 unspecified atom stereocenters. The van der Waals surface area contributed by atoms with Crippen molar-refractivity contribution in [2.24, 2.45) is 4.99 Å². The Bertz CT molecular complexity index is 774. The van der Waals surface area contributed by atoms with E-state index in [1.165, 1.54) is 12.1 Å². The maximum atomic E-state index is 12.5. The van der Waals surface area contributed by atoms with Gasteiger partial charge in [-0.2, -0.15) is 18.4 Å². The summed E-state index contributed by atoms with van der Waals surface area (Å²) in [5.74, 6) is 0.516. The SMILES string of the molecule is CN=C(NCc1ccc(C(F)(F)F)cc1)NCc1cccc(C#N)c1. The highest BCUT2D eigenvalue weighted by Crippen LogP contribution is 2.28. The lowest BCUT2D eigenvalue weighted by atomic mass is 10.1. The van der Waals surface area contributed by atoms with E-state index in [-0.39, 0.29) is 0 Å². The number of nitrogens with one attached hydrogen (secondary N) is 2. The second-order valence-electron chi connectivity index (χ2n) is 5.29. The zero-order valence-electron chi connectivity index (χ0n) is 13.6. The molecule has 2 aromatic rings. The van der Waals surface area contributed by atoms with Gasteiger partial charge in [-0.3, -0.25) is 4.99 Å². The molecule has 2 rings (SSSR count). The monoisotopic (exact) mass is 346 g/mol. The van der Waals surface area contributed by atoms with Crippen LogP contribution in [0.15, 0.2) is 53.5 Å². The van der Waals surface area contributed by atoms with Crippen LogP contribution in [0.3, 0.4) is 0 Å². The van der Waals surface area contributed by atoms with E-state index in [1.807, 2.05) is 6.07 Å². The first-order valence-electron chi connectivity index (χ1n) is 7.52. The van der Waals surface area contributed by atoms with E-state index in [0.717, 1.165) is 17.7 Å². The summed E-state index contributed by atoms with van der Waals surface area (Å²) in [6, 6.07) is 14.2. The number of nitrogens with zero attached hydrogens (tertiary/aromatic N) is 2. The van der Waals surface area contributed by atoms with Crippen molar-refractivity contribution in [3.05, 3.63) is 70.8 Å². The average molecular weight is 346 g/mol. The van der Waals surface area contributed by atoms with Crippen molar-refractivity contribution < 1.29 is 13.2 Å². The summed E-state index contributed by atoms with van der Waals surface area (Å²) in [5, 5.41) is 15.0. The van der Waals surface area contributed by atoms with Crippen LogP contribution >= 0.6 is 0 Å². The second-order valence-corrected chi connectivity index (χ2v) is 5.29. The summed E-state index contributed by atoms with van der Waals surface area (Å²) in [4.78, 5) is 4.07. The van der Waals surface area contributed by atoms with Gasteiger partial charge in [-0.25, -0.2) is 0 Å². The molecule has 7 heteroatoms. The minimum atomic E-state index is -4.33. The van der Waals surface area contributed by atoms with Gasteiger partial charge < -0.3 is 10.6 Å². The first-order valence-corrected chi connectivity index (χ1v) is 7.52. The third kappa shape index (κ3) is 5.53. The zero-order valence-corrected chi connectivity index (χ0v) is 13.6. The Morgan fingerprint density at radius 1 is 1.04 bits per heavy atom. The molecule has 0 fully saturated rings. The summed E-state index contributed by atoms with van der Waals surface area (Å²) in [6.07, 6.45) is -4.33. The van der Waals surface area contributed by atoms with Gasteiger partial charge in [0.05, 0.1) is 17.2 Å². The minimum absolute atomic E-state index is 0.343. The van der Waals surface area contributed by atoms with Crippen LogP contribution in [0.4, 0.5) is 13.2 Å². The van der Waals surface area contributed by atoms with Crippen LogP contribution in [0.5, 0.6) is 0 Å². The number of hydrogen-bond donors (Lipinski definition) is 2. The van der Waals surface area contributed by atoms with Gasteiger partial charge >= 0.3 is 6.18 Å². The van der Waals surface area contributed by atoms with Crippen molar-refractivity contribution in [2.45, 2.75) is 19.3 Å². The van der Waals surface area contributed by atoms with Crippen LogP contribution in [0.25, 0.3) is 0 Å². The lowest BCUT2D eigenvalue weighted by Crippen LogP contribution is -2.36. The highest BCUT2D eigenvalue weighted by atomic mass is 19.4. The van der Waals surface area contributed by atoms with E-state index in [9.17, 15) is 13.2 Å². The topological polar surface area (TPSA) is 60.2 Å². The number of benzene rings is 2. The summed E-state index contributed by atoms with van der Waals surface area (Å²) < 4.78 is 37.6. The molecule has 0 aliphatic carbocycles. The molecule has 0 saturated carbocycles. The third-order valence-electron chi connectivity index (χ3n) is 3.48. The number of alkyl halides is 3. The van der Waals surface area contributed by atoms with Gasteiger partial charge in [-0.1, -0.05) is 24.3 Å². The Hall–Kier alpha value is -3.01. The number of nitriles is 1. The van der Waals surface area contributed by atoms with Gasteiger partial charge in [0.2, 0.25) is 0 Å². The molecular weight excluding hydrogens is 329 g/mol. The molecule has 130 valence electrons. The lowest BCUT2D eigenvalue weighted by Gasteiger charge is -2.13. The zero-order chi connectivity index (χ0) is 18.3. The molecule has 2 N–H and O–H groups in total. The summed E-state index contributed by atoms with van der Waals surface area (Å²) in [6.45, 7) is 0.818. The Morgan fingerprint density at radius 2 is 1.68 bits per heavy atom. The van der Waals surface area contributed by atoms with Gasteiger partial charge in [0.25, 0.3) is 0 Å². The van der Waals surface area contributed by atoms with Crippen molar-refractivity contribution in [1.82, 2.24) is 10.6 Å². The number of guanidine groups is 1. The molecule has 0 aliphatic rings. The molecule has 0 radical (unpaired) electrons. The molecule has 25 heavy (non-hydrogen) atoms. The Morgan fingerprint density at radius 3 is 2.24 bits per heavy atom. The molecule has 0 heterocycles. The van der Waals surface area contributed by atoms with Gasteiger partial charge in [0.1, 0.15) is 0 Å². The van der Waals surface area contributed by atoms with Gasteiger partial charge in [0.15, 0.2) is 5.96 Å². The largest absolute Gasteiger partial charge is 0.416 e. The smallest absolute Gasteiger partial charge is 0.352 e. The van der Waals surface area contributed by atoms with Crippen LogP contribution in [0.1, 0.15) is 22.3 Å². The highest BCUT2D eigenvalue weighted by molar-refractivity contribution is 5.79. The Balaban J connectivity index is 1.89. The second kappa shape index (κ2) is 8.20. The van der Waals surface area contributed by atoms with Crippen molar-refractivity contribution in [2.75, 3.05) is 7.05 Å². The number of rotatable bonds is 4. The van der Waals surface area contributed by atoms with Crippen molar-refractivity contribution >= 4 is 5.96 Å². The maximum Gasteiger partial charge on any atom is 0.416 e. The molecule has 0 bridgehead atoms. The van der Waals surface area contributed by atoms with Crippen LogP contribution < -0.4 is 10.6 Å². The van der Waals surface area contributed by atoms with E-state index in [2.05, 4.69) is 21.7 Å². The molecule has 4 nitrogen and oxygen atoms in total. The van der Waals surface area contributed by atoms with Crippen molar-refractivity contribution in [3.63, 3.8) is 0 Å². The number of aliphatic imine (C=N–C) groups is 1. The number of hydrogen-bond acceptors (Lipinski definition) is 2. The van der Waals surface area contributed by atoms with Crippen LogP contribution in [0.2, 0.25) is 0 Å². The molecule has 0 amide bonds. The quantitative estimate of drug-likeness (QED) is 0.659. The predicted molar refractivity (Wildman–Crippen MR) is 89.6 cm³/mol. The molecule has 2 aromatic carbocycles. The molecule has 0 spiro atoms. The fourth-order valence-electron chi connectivity index (χ4n) is 2.15. The molecular formula is C18H17F3N4. The van der Waals surface area contributed by atoms with Crippen molar-refractivity contribution in [3.8, 4) is 6.07 Å². The molecule has 0 atom stereocenters. The van der Waals surface area contributed by atoms with Gasteiger partial charge in [0, 0.05) is 20.1 Å². The summed E-state index contributed by atoms with van der Waals surface area (Å²) >= 11 is 0. The first kappa shape index (κ1) is 18.3. The van der Waals surface area contributed by atoms with E-state index in [4.69, 9.17) is 5.26 Å². The van der Waals surface area contributed by atoms with Gasteiger partial charge in [-0.15, -0.1) is 0 Å². The van der Waals surface area contributed by atoms with Crippen LogP contribution in [0, 0.1) is 11.3 Å². The van der Waals surface area contributed by atoms with E-state index < -0.39 is 11.7 Å². The predicted octanol–water partition coefficient (Wildman–Crippen LogP) is 3.44. The van der Waals surface area contributed by atoms with Crippen LogP contribution in [-0.4, -0.2) is 13.0 Å². The normalized spacial score (nSPS) is 11.7. The summed E-state index contributed by atoms with van der Waals surface area (Å²) in [5.41, 5.74) is 1.54. The highest BCUT2D eigenvalue weighted by Gasteiger charge is 2.29. The van der Waals surface area contributed by atoms with E-state index in [1.54, 1.807) is 25.2 Å². The van der Waals surface area contributed by atoms with Crippen LogP contribution in [-0.2, 0) is 19.3 Å². The standard InChI is InChI=1S/C18H17F3N4/c1-23-17(25-12-15-4-2-3-14(9-15)10-22)24-11-13-5-7-16(8-6-13)18(19,20)21/h2-9H,11-12H2,1H3,(H2,23,24,25).